The minimum absolute atomic E-state index is 0.483. The zero-order valence-corrected chi connectivity index (χ0v) is 16.6. The fraction of sp³-hybridized carbons (Fsp3) is 0.292. The number of hydrogen-bond donors (Lipinski definition) is 2. The summed E-state index contributed by atoms with van der Waals surface area (Å²) in [7, 11) is 0. The lowest BCUT2D eigenvalue weighted by atomic mass is 9.93. The zero-order chi connectivity index (χ0) is 20.1. The summed E-state index contributed by atoms with van der Waals surface area (Å²) >= 11 is 0. The van der Waals surface area contributed by atoms with Crippen molar-refractivity contribution >= 4 is 16.9 Å². The van der Waals surface area contributed by atoms with Crippen LogP contribution in [0.2, 0.25) is 0 Å². The normalized spacial score (nSPS) is 13.7. The highest BCUT2D eigenvalue weighted by molar-refractivity contribution is 5.85. The average molecular weight is 377 g/mol. The summed E-state index contributed by atoms with van der Waals surface area (Å²) in [6.07, 6.45) is -0.906. The molecular weight excluding hydrogens is 350 g/mol. The molecule has 2 N–H and O–H groups in total. The molecule has 0 aliphatic heterocycles. The molecule has 0 spiro atoms. The first-order valence-corrected chi connectivity index (χ1v) is 9.53. The molecule has 0 bridgehead atoms. The van der Waals surface area contributed by atoms with Crippen molar-refractivity contribution in [3.8, 4) is 0 Å². The molecule has 0 aromatic heterocycles. The Morgan fingerprint density at radius 3 is 2.32 bits per heavy atom. The van der Waals surface area contributed by atoms with Crippen molar-refractivity contribution < 1.29 is 14.6 Å². The van der Waals surface area contributed by atoms with Gasteiger partial charge in [-0.2, -0.15) is 0 Å². The molecule has 0 aliphatic rings. The summed E-state index contributed by atoms with van der Waals surface area (Å²) in [5, 5.41) is 16.1. The van der Waals surface area contributed by atoms with E-state index in [0.29, 0.717) is 6.42 Å². The van der Waals surface area contributed by atoms with E-state index in [-0.39, 0.29) is 0 Å². The predicted molar refractivity (Wildman–Crippen MR) is 112 cm³/mol. The Labute approximate surface area is 166 Å². The van der Waals surface area contributed by atoms with E-state index >= 15 is 0 Å². The molecule has 0 saturated carbocycles. The van der Waals surface area contributed by atoms with Crippen LogP contribution in [-0.4, -0.2) is 22.8 Å². The van der Waals surface area contributed by atoms with Crippen molar-refractivity contribution in [1.29, 1.82) is 0 Å². The number of rotatable bonds is 5. The number of fused-ring (bicyclic) bond motifs is 1. The molecule has 1 amide bonds. The standard InChI is InChI=1S/C24H27NO3/c1-24(2,3)28-23(27)25-21(22(26)18-11-5-4-6-12-18)16-19-14-9-13-17-10-7-8-15-20(17)19/h4-15,21-22,26H,16H2,1-3H3,(H,25,27)/t21-,22-/m1/s1. The highest BCUT2D eigenvalue weighted by Gasteiger charge is 2.26. The molecule has 3 rings (SSSR count). The largest absolute Gasteiger partial charge is 0.444 e. The minimum atomic E-state index is -0.854. The smallest absolute Gasteiger partial charge is 0.407 e. The van der Waals surface area contributed by atoms with E-state index in [1.807, 2.05) is 75.4 Å². The topological polar surface area (TPSA) is 58.6 Å². The van der Waals surface area contributed by atoms with Crippen molar-refractivity contribution in [2.45, 2.75) is 44.9 Å². The number of carbonyl (C=O) groups excluding carboxylic acids is 1. The number of nitrogens with one attached hydrogen (secondary N) is 1. The SMILES string of the molecule is CC(C)(C)OC(=O)N[C@H](Cc1cccc2ccccc12)[C@H](O)c1ccccc1. The molecular formula is C24H27NO3. The van der Waals surface area contributed by atoms with Gasteiger partial charge in [0.25, 0.3) is 0 Å². The Morgan fingerprint density at radius 1 is 0.964 bits per heavy atom. The summed E-state index contributed by atoms with van der Waals surface area (Å²) < 4.78 is 5.42. The Kier molecular flexibility index (Phi) is 6.00. The number of carbonyl (C=O) groups is 1. The third-order valence-corrected chi connectivity index (χ3v) is 4.54. The fourth-order valence-corrected chi connectivity index (χ4v) is 3.29. The number of benzene rings is 3. The van der Waals surface area contributed by atoms with Crippen molar-refractivity contribution in [3.63, 3.8) is 0 Å². The maximum atomic E-state index is 12.4. The van der Waals surface area contributed by atoms with Gasteiger partial charge < -0.3 is 15.2 Å². The highest BCUT2D eigenvalue weighted by Crippen LogP contribution is 2.25. The van der Waals surface area contributed by atoms with Crippen LogP contribution in [0.3, 0.4) is 0 Å². The molecule has 0 heterocycles. The van der Waals surface area contributed by atoms with Crippen molar-refractivity contribution in [1.82, 2.24) is 5.32 Å². The Bertz CT molecular complexity index is 926. The van der Waals surface area contributed by atoms with Crippen LogP contribution in [0, 0.1) is 0 Å². The maximum absolute atomic E-state index is 12.4. The van der Waals surface area contributed by atoms with Crippen molar-refractivity contribution in [2.75, 3.05) is 0 Å². The van der Waals surface area contributed by atoms with Gasteiger partial charge in [0.15, 0.2) is 0 Å². The zero-order valence-electron chi connectivity index (χ0n) is 16.6. The van der Waals surface area contributed by atoms with Crippen LogP contribution in [0.1, 0.15) is 38.0 Å². The highest BCUT2D eigenvalue weighted by atomic mass is 16.6. The number of hydrogen-bond acceptors (Lipinski definition) is 3. The maximum Gasteiger partial charge on any atom is 0.407 e. The van der Waals surface area contributed by atoms with Gasteiger partial charge in [0.2, 0.25) is 0 Å². The van der Waals surface area contributed by atoms with E-state index in [9.17, 15) is 9.90 Å². The first kappa shape index (κ1) is 19.9. The number of aliphatic hydroxyl groups is 1. The summed E-state index contributed by atoms with van der Waals surface area (Å²) in [5.74, 6) is 0. The summed E-state index contributed by atoms with van der Waals surface area (Å²) in [6, 6.07) is 23.0. The average Bonchev–Trinajstić information content (AvgIpc) is 2.66. The van der Waals surface area contributed by atoms with E-state index in [4.69, 9.17) is 4.74 Å². The first-order chi connectivity index (χ1) is 13.3. The number of ether oxygens (including phenoxy) is 1. The van der Waals surface area contributed by atoms with Gasteiger partial charge in [0, 0.05) is 0 Å². The molecule has 0 aliphatic carbocycles. The lowest BCUT2D eigenvalue weighted by Crippen LogP contribution is -2.43. The molecule has 3 aromatic carbocycles. The van der Waals surface area contributed by atoms with Crippen LogP contribution in [0.5, 0.6) is 0 Å². The predicted octanol–water partition coefficient (Wildman–Crippen LogP) is 5.01. The van der Waals surface area contributed by atoms with Gasteiger partial charge in [-0.05, 0) is 49.1 Å². The molecule has 146 valence electrons. The molecule has 0 fully saturated rings. The van der Waals surface area contributed by atoms with Gasteiger partial charge in [-0.3, -0.25) is 0 Å². The van der Waals surface area contributed by atoms with Crippen LogP contribution >= 0.6 is 0 Å². The molecule has 4 heteroatoms. The van der Waals surface area contributed by atoms with Gasteiger partial charge in [0.05, 0.1) is 12.1 Å². The van der Waals surface area contributed by atoms with E-state index in [2.05, 4.69) is 23.5 Å². The van der Waals surface area contributed by atoms with Crippen LogP contribution in [0.4, 0.5) is 4.79 Å². The summed E-state index contributed by atoms with van der Waals surface area (Å²) in [5.41, 5.74) is 1.21. The third-order valence-electron chi connectivity index (χ3n) is 4.54. The van der Waals surface area contributed by atoms with Gasteiger partial charge in [0.1, 0.15) is 5.60 Å². The Balaban J connectivity index is 1.90. The van der Waals surface area contributed by atoms with Gasteiger partial charge in [-0.15, -0.1) is 0 Å². The van der Waals surface area contributed by atoms with Crippen LogP contribution in [0.25, 0.3) is 10.8 Å². The van der Waals surface area contributed by atoms with Gasteiger partial charge in [-0.25, -0.2) is 4.79 Å². The van der Waals surface area contributed by atoms with Crippen molar-refractivity contribution in [3.05, 3.63) is 83.9 Å². The van der Waals surface area contributed by atoms with Gasteiger partial charge in [-0.1, -0.05) is 72.8 Å². The van der Waals surface area contributed by atoms with E-state index < -0.39 is 23.8 Å². The lowest BCUT2D eigenvalue weighted by Gasteiger charge is -2.27. The number of amides is 1. The molecule has 0 saturated heterocycles. The molecule has 28 heavy (non-hydrogen) atoms. The summed E-state index contributed by atoms with van der Waals surface area (Å²) in [4.78, 5) is 12.4. The fourth-order valence-electron chi connectivity index (χ4n) is 3.29. The second kappa shape index (κ2) is 8.44. The van der Waals surface area contributed by atoms with E-state index in [0.717, 1.165) is 21.9 Å². The Morgan fingerprint density at radius 2 is 1.61 bits per heavy atom. The molecule has 0 unspecified atom stereocenters. The van der Waals surface area contributed by atoms with E-state index in [1.165, 1.54) is 0 Å². The monoisotopic (exact) mass is 377 g/mol. The third kappa shape index (κ3) is 5.11. The second-order valence-corrected chi connectivity index (χ2v) is 7.95. The number of alkyl carbamates (subject to hydrolysis) is 1. The molecule has 2 atom stereocenters. The van der Waals surface area contributed by atoms with Crippen LogP contribution in [-0.2, 0) is 11.2 Å². The minimum Gasteiger partial charge on any atom is -0.444 e. The molecule has 4 nitrogen and oxygen atoms in total. The lowest BCUT2D eigenvalue weighted by molar-refractivity contribution is 0.0421. The van der Waals surface area contributed by atoms with Crippen LogP contribution in [0.15, 0.2) is 72.8 Å². The molecule has 0 radical (unpaired) electrons. The second-order valence-electron chi connectivity index (χ2n) is 7.95. The molecule has 3 aromatic rings. The van der Waals surface area contributed by atoms with Gasteiger partial charge >= 0.3 is 6.09 Å². The summed E-state index contributed by atoms with van der Waals surface area (Å²) in [6.45, 7) is 5.46. The van der Waals surface area contributed by atoms with Crippen molar-refractivity contribution in [2.24, 2.45) is 0 Å². The Hall–Kier alpha value is -2.85. The number of aliphatic hydroxyl groups excluding tert-OH is 1. The quantitative estimate of drug-likeness (QED) is 0.657. The van der Waals surface area contributed by atoms with E-state index in [1.54, 1.807) is 0 Å². The van der Waals surface area contributed by atoms with Crippen LogP contribution < -0.4 is 5.32 Å². The first-order valence-electron chi connectivity index (χ1n) is 9.53.